The number of alkyl halides is 2. The van der Waals surface area contributed by atoms with Crippen LogP contribution in [0.25, 0.3) is 0 Å². The van der Waals surface area contributed by atoms with Crippen molar-refractivity contribution in [3.05, 3.63) is 24.3 Å². The second kappa shape index (κ2) is 7.74. The van der Waals surface area contributed by atoms with Crippen LogP contribution in [0.15, 0.2) is 24.3 Å². The fourth-order valence-electron chi connectivity index (χ4n) is 2.06. The molecule has 0 aliphatic carbocycles. The molecular weight excluding hydrogens is 314 g/mol. The zero-order chi connectivity index (χ0) is 15.5. The summed E-state index contributed by atoms with van der Waals surface area (Å²) in [4.78, 5) is 11.9. The normalized spacial score (nSPS) is 20.8. The van der Waals surface area contributed by atoms with Gasteiger partial charge in [0.05, 0.1) is 18.7 Å². The average Bonchev–Trinajstić information content (AvgIpc) is 2.81. The summed E-state index contributed by atoms with van der Waals surface area (Å²) in [6, 6.07) is 6.04. The molecule has 0 radical (unpaired) electrons. The van der Waals surface area contributed by atoms with Gasteiger partial charge in [-0.1, -0.05) is 6.92 Å². The van der Waals surface area contributed by atoms with Crippen LogP contribution >= 0.6 is 12.4 Å². The third kappa shape index (κ3) is 5.10. The van der Waals surface area contributed by atoms with Gasteiger partial charge in [-0.2, -0.15) is 0 Å². The zero-order valence-corrected chi connectivity index (χ0v) is 13.4. The van der Waals surface area contributed by atoms with Gasteiger partial charge in [0.1, 0.15) is 5.75 Å². The van der Waals surface area contributed by atoms with Crippen LogP contribution in [0.4, 0.5) is 14.5 Å². The lowest BCUT2D eigenvalue weighted by molar-refractivity contribution is -0.118. The summed E-state index contributed by atoms with van der Waals surface area (Å²) in [6.45, 7) is 3.55. The molecule has 0 bridgehead atoms. The number of anilines is 1. The molecule has 0 spiro atoms. The molecule has 1 aromatic rings. The van der Waals surface area contributed by atoms with Crippen LogP contribution in [0.3, 0.4) is 0 Å². The number of carbonyl (C=O) groups is 1. The Morgan fingerprint density at radius 3 is 2.59 bits per heavy atom. The Morgan fingerprint density at radius 1 is 1.45 bits per heavy atom. The molecule has 1 heterocycles. The Hall–Kier alpha value is -1.40. The number of amides is 1. The van der Waals surface area contributed by atoms with Gasteiger partial charge in [0.15, 0.2) is 0 Å². The first-order chi connectivity index (χ1) is 9.89. The number of nitrogens with one attached hydrogen (secondary N) is 2. The number of halogens is 3. The van der Waals surface area contributed by atoms with E-state index in [1.54, 1.807) is 24.3 Å². The fourth-order valence-corrected chi connectivity index (χ4v) is 2.06. The Balaban J connectivity index is 0.00000242. The van der Waals surface area contributed by atoms with Crippen LogP contribution in [-0.4, -0.2) is 30.5 Å². The second-order valence-corrected chi connectivity index (χ2v) is 5.34. The topological polar surface area (TPSA) is 50.4 Å². The Kier molecular flexibility index (Phi) is 6.56. The smallest absolute Gasteiger partial charge is 0.262 e. The van der Waals surface area contributed by atoms with Crippen molar-refractivity contribution in [3.63, 3.8) is 0 Å². The molecule has 0 saturated carbocycles. The fraction of sp³-hybridized carbons (Fsp3) is 0.533. The maximum Gasteiger partial charge on any atom is 0.262 e. The highest BCUT2D eigenvalue weighted by molar-refractivity contribution is 5.95. The van der Waals surface area contributed by atoms with E-state index < -0.39 is 30.8 Å². The lowest BCUT2D eigenvalue weighted by Gasteiger charge is -2.14. The summed E-state index contributed by atoms with van der Waals surface area (Å²) in [7, 11) is 0. The summed E-state index contributed by atoms with van der Waals surface area (Å²) in [5.41, 5.74) is 0.563. The molecular formula is C15H21ClF2N2O2. The van der Waals surface area contributed by atoms with Crippen molar-refractivity contribution in [1.82, 2.24) is 5.32 Å². The van der Waals surface area contributed by atoms with E-state index in [9.17, 15) is 13.6 Å². The van der Waals surface area contributed by atoms with Crippen LogP contribution in [0, 0.1) is 0 Å². The van der Waals surface area contributed by atoms with Gasteiger partial charge in [0.25, 0.3) is 5.92 Å². The van der Waals surface area contributed by atoms with E-state index in [1.165, 1.54) is 0 Å². The minimum atomic E-state index is -2.81. The van der Waals surface area contributed by atoms with E-state index in [-0.39, 0.29) is 18.5 Å². The van der Waals surface area contributed by atoms with Crippen molar-refractivity contribution >= 4 is 24.0 Å². The van der Waals surface area contributed by atoms with Crippen molar-refractivity contribution in [2.24, 2.45) is 0 Å². The van der Waals surface area contributed by atoms with Crippen LogP contribution in [0.1, 0.15) is 26.7 Å². The van der Waals surface area contributed by atoms with E-state index >= 15 is 0 Å². The van der Waals surface area contributed by atoms with Gasteiger partial charge in [0, 0.05) is 12.1 Å². The van der Waals surface area contributed by atoms with Crippen molar-refractivity contribution in [2.45, 2.75) is 44.8 Å². The molecule has 2 atom stereocenters. The molecule has 1 aliphatic rings. The maximum absolute atomic E-state index is 13.0. The van der Waals surface area contributed by atoms with Gasteiger partial charge in [0.2, 0.25) is 5.91 Å². The summed E-state index contributed by atoms with van der Waals surface area (Å²) in [5.74, 6) is -2.54. The molecule has 1 saturated heterocycles. The number of carbonyl (C=O) groups excluding carboxylic acids is 1. The van der Waals surface area contributed by atoms with Gasteiger partial charge >= 0.3 is 0 Å². The van der Waals surface area contributed by atoms with Crippen LogP contribution < -0.4 is 15.4 Å². The second-order valence-electron chi connectivity index (χ2n) is 5.34. The first kappa shape index (κ1) is 18.6. The highest BCUT2D eigenvalue weighted by Crippen LogP contribution is 2.26. The molecule has 1 aliphatic heterocycles. The van der Waals surface area contributed by atoms with Crippen LogP contribution in [0.5, 0.6) is 5.75 Å². The monoisotopic (exact) mass is 334 g/mol. The number of rotatable bonds is 5. The molecule has 4 nitrogen and oxygen atoms in total. The molecule has 1 aromatic carbocycles. The van der Waals surface area contributed by atoms with Gasteiger partial charge in [-0.05, 0) is 37.6 Å². The molecule has 2 rings (SSSR count). The number of hydrogen-bond donors (Lipinski definition) is 2. The van der Waals surface area contributed by atoms with Gasteiger partial charge in [-0.15, -0.1) is 12.4 Å². The summed E-state index contributed by atoms with van der Waals surface area (Å²) >= 11 is 0. The minimum Gasteiger partial charge on any atom is -0.491 e. The van der Waals surface area contributed by atoms with E-state index in [4.69, 9.17) is 4.74 Å². The minimum absolute atomic E-state index is 0. The molecule has 2 unspecified atom stereocenters. The highest BCUT2D eigenvalue weighted by Gasteiger charge is 2.42. The molecule has 124 valence electrons. The van der Waals surface area contributed by atoms with E-state index in [0.29, 0.717) is 11.4 Å². The van der Waals surface area contributed by atoms with Crippen LogP contribution in [0.2, 0.25) is 0 Å². The summed E-state index contributed by atoms with van der Waals surface area (Å²) in [5, 5.41) is 5.15. The Morgan fingerprint density at radius 2 is 2.09 bits per heavy atom. The van der Waals surface area contributed by atoms with Crippen LogP contribution in [-0.2, 0) is 4.79 Å². The predicted molar refractivity (Wildman–Crippen MR) is 84.1 cm³/mol. The van der Waals surface area contributed by atoms with E-state index in [2.05, 4.69) is 10.6 Å². The van der Waals surface area contributed by atoms with E-state index in [1.807, 2.05) is 13.8 Å². The van der Waals surface area contributed by atoms with Gasteiger partial charge in [-0.3, -0.25) is 10.1 Å². The Labute approximate surface area is 135 Å². The van der Waals surface area contributed by atoms with Crippen molar-refractivity contribution in [1.29, 1.82) is 0 Å². The lowest BCUT2D eigenvalue weighted by atomic mass is 10.2. The first-order valence-electron chi connectivity index (χ1n) is 7.08. The van der Waals surface area contributed by atoms with Gasteiger partial charge in [-0.25, -0.2) is 8.78 Å². The molecule has 1 amide bonds. The quantitative estimate of drug-likeness (QED) is 0.869. The zero-order valence-electron chi connectivity index (χ0n) is 12.6. The lowest BCUT2D eigenvalue weighted by Crippen LogP contribution is -2.35. The molecule has 22 heavy (non-hydrogen) atoms. The van der Waals surface area contributed by atoms with Crippen molar-refractivity contribution < 1.29 is 18.3 Å². The molecule has 0 aromatic heterocycles. The molecule has 2 N–H and O–H groups in total. The largest absolute Gasteiger partial charge is 0.491 e. The molecule has 7 heteroatoms. The summed E-state index contributed by atoms with van der Waals surface area (Å²) < 4.78 is 31.7. The number of benzene rings is 1. The average molecular weight is 335 g/mol. The predicted octanol–water partition coefficient (Wildman–Crippen LogP) is 3.22. The molecule has 1 fully saturated rings. The third-order valence-corrected chi connectivity index (χ3v) is 3.46. The van der Waals surface area contributed by atoms with Crippen molar-refractivity contribution in [2.75, 3.05) is 11.9 Å². The van der Waals surface area contributed by atoms with Crippen molar-refractivity contribution in [3.8, 4) is 5.75 Å². The van der Waals surface area contributed by atoms with E-state index in [0.717, 1.165) is 6.42 Å². The standard InChI is InChI=1S/C15H20F2N2O2.ClH/c1-3-10(2)21-12-6-4-11(5-7-12)19-14(20)13-8-15(16,17)9-18-13;/h4-7,10,13,18H,3,8-9H2,1-2H3,(H,19,20);1H. The highest BCUT2D eigenvalue weighted by atomic mass is 35.5. The SMILES string of the molecule is CCC(C)Oc1ccc(NC(=O)C2CC(F)(F)CN2)cc1.Cl. The maximum atomic E-state index is 13.0. The number of ether oxygens (including phenoxy) is 1. The Bertz CT molecular complexity index is 497. The van der Waals surface area contributed by atoms with Gasteiger partial charge < -0.3 is 10.1 Å². The third-order valence-electron chi connectivity index (χ3n) is 3.46. The first-order valence-corrected chi connectivity index (χ1v) is 7.08. The number of hydrogen-bond acceptors (Lipinski definition) is 3. The summed E-state index contributed by atoms with van der Waals surface area (Å²) in [6.07, 6.45) is 0.559.